The molecule has 0 unspecified atom stereocenters. The minimum absolute atomic E-state index is 0.0733. The van der Waals surface area contributed by atoms with Crippen molar-refractivity contribution in [2.45, 2.75) is 19.4 Å². The maximum Gasteiger partial charge on any atom is 0.307 e. The van der Waals surface area contributed by atoms with Gasteiger partial charge in [-0.15, -0.1) is 0 Å². The molecular weight excluding hydrogens is 378 g/mol. The predicted octanol–water partition coefficient (Wildman–Crippen LogP) is 4.81. The molecule has 0 spiro atoms. The van der Waals surface area contributed by atoms with Gasteiger partial charge in [-0.25, -0.2) is 0 Å². The van der Waals surface area contributed by atoms with Gasteiger partial charge >= 0.3 is 5.97 Å². The fourth-order valence-electron chi connectivity index (χ4n) is 3.62. The van der Waals surface area contributed by atoms with Gasteiger partial charge in [-0.05, 0) is 53.9 Å². The summed E-state index contributed by atoms with van der Waals surface area (Å²) in [6.45, 7) is 0.927. The van der Waals surface area contributed by atoms with E-state index in [-0.39, 0.29) is 6.42 Å². The van der Waals surface area contributed by atoms with Crippen LogP contribution in [-0.4, -0.2) is 17.6 Å². The number of carboxylic acids is 1. The Morgan fingerprint density at radius 3 is 2.70 bits per heavy atom. The number of ether oxygens (including phenoxy) is 1. The molecule has 152 valence electrons. The number of para-hydroxylation sites is 1. The molecule has 4 aromatic rings. The topological polar surface area (TPSA) is 85.7 Å². The molecule has 5 heteroatoms. The van der Waals surface area contributed by atoms with Crippen LogP contribution >= 0.6 is 0 Å². The molecule has 3 aromatic carbocycles. The smallest absolute Gasteiger partial charge is 0.307 e. The van der Waals surface area contributed by atoms with E-state index < -0.39 is 5.97 Å². The number of fused-ring (bicyclic) bond motifs is 1. The lowest BCUT2D eigenvalue weighted by atomic mass is 9.98. The fourth-order valence-corrected chi connectivity index (χ4v) is 3.62. The normalized spacial score (nSPS) is 11.0. The third kappa shape index (κ3) is 4.36. The number of carboxylic acid groups (broad SMARTS) is 1. The standard InChI is InChI=1S/C25H23NO4/c26-10-8-17-4-3-6-19(12-17)22-14-18(13-21-9-11-29-25(21)22)16-30-23-7-2-1-5-20(23)15-24(27)28/h1-7,9,11-14H,8,10,15-16,26H2,(H,27,28). The van der Waals surface area contributed by atoms with E-state index in [1.54, 1.807) is 18.4 Å². The van der Waals surface area contributed by atoms with Crippen LogP contribution in [0.2, 0.25) is 0 Å². The Labute approximate surface area is 174 Å². The summed E-state index contributed by atoms with van der Waals surface area (Å²) in [6.07, 6.45) is 2.43. The van der Waals surface area contributed by atoms with Gasteiger partial charge in [0, 0.05) is 16.5 Å². The molecule has 1 heterocycles. The Kier molecular flexibility index (Phi) is 5.82. The van der Waals surface area contributed by atoms with Crippen molar-refractivity contribution in [3.8, 4) is 16.9 Å². The van der Waals surface area contributed by atoms with Gasteiger partial charge in [0.05, 0.1) is 12.7 Å². The average Bonchev–Trinajstić information content (AvgIpc) is 3.21. The highest BCUT2D eigenvalue weighted by molar-refractivity contribution is 5.93. The second-order valence-corrected chi connectivity index (χ2v) is 7.19. The highest BCUT2D eigenvalue weighted by atomic mass is 16.5. The Bertz CT molecular complexity index is 1180. The summed E-state index contributed by atoms with van der Waals surface area (Å²) in [7, 11) is 0. The monoisotopic (exact) mass is 401 g/mol. The largest absolute Gasteiger partial charge is 0.489 e. The molecule has 0 amide bonds. The summed E-state index contributed by atoms with van der Waals surface area (Å²) in [6, 6.07) is 21.6. The number of nitrogens with two attached hydrogens (primary N) is 1. The quantitative estimate of drug-likeness (QED) is 0.443. The maximum absolute atomic E-state index is 11.1. The van der Waals surface area contributed by atoms with Crippen molar-refractivity contribution < 1.29 is 19.1 Å². The molecule has 0 fully saturated rings. The zero-order chi connectivity index (χ0) is 20.9. The highest BCUT2D eigenvalue weighted by Crippen LogP contribution is 2.32. The van der Waals surface area contributed by atoms with Gasteiger partial charge in [-0.3, -0.25) is 4.79 Å². The number of rotatable bonds is 8. The average molecular weight is 401 g/mol. The van der Waals surface area contributed by atoms with Crippen LogP contribution < -0.4 is 10.5 Å². The second-order valence-electron chi connectivity index (χ2n) is 7.19. The minimum Gasteiger partial charge on any atom is -0.489 e. The summed E-state index contributed by atoms with van der Waals surface area (Å²) in [5.41, 5.74) is 11.4. The molecular formula is C25H23NO4. The number of hydrogen-bond donors (Lipinski definition) is 2. The van der Waals surface area contributed by atoms with Gasteiger partial charge in [0.25, 0.3) is 0 Å². The van der Waals surface area contributed by atoms with Crippen molar-refractivity contribution in [3.63, 3.8) is 0 Å². The van der Waals surface area contributed by atoms with Crippen LogP contribution in [0.3, 0.4) is 0 Å². The van der Waals surface area contributed by atoms with Gasteiger partial charge in [-0.1, -0.05) is 42.5 Å². The third-order valence-electron chi connectivity index (χ3n) is 4.99. The van der Waals surface area contributed by atoms with Gasteiger partial charge in [0.2, 0.25) is 0 Å². The number of benzene rings is 3. The summed E-state index contributed by atoms with van der Waals surface area (Å²) >= 11 is 0. The Morgan fingerprint density at radius 2 is 1.87 bits per heavy atom. The first-order valence-electron chi connectivity index (χ1n) is 9.86. The predicted molar refractivity (Wildman–Crippen MR) is 117 cm³/mol. The van der Waals surface area contributed by atoms with E-state index in [0.29, 0.717) is 24.5 Å². The van der Waals surface area contributed by atoms with Gasteiger partial charge in [-0.2, -0.15) is 0 Å². The fraction of sp³-hybridized carbons (Fsp3) is 0.160. The van der Waals surface area contributed by atoms with Gasteiger partial charge < -0.3 is 20.0 Å². The van der Waals surface area contributed by atoms with Crippen molar-refractivity contribution in [2.75, 3.05) is 6.54 Å². The first-order chi connectivity index (χ1) is 14.6. The lowest BCUT2D eigenvalue weighted by Gasteiger charge is -2.12. The van der Waals surface area contributed by atoms with E-state index in [1.165, 1.54) is 5.56 Å². The molecule has 0 saturated heterocycles. The second kappa shape index (κ2) is 8.84. The maximum atomic E-state index is 11.1. The SMILES string of the molecule is NCCc1cccc(-c2cc(COc3ccccc3CC(=O)O)cc3ccoc23)c1. The molecule has 0 aliphatic rings. The van der Waals surface area contributed by atoms with Crippen LogP contribution in [0, 0.1) is 0 Å². The Morgan fingerprint density at radius 1 is 1.00 bits per heavy atom. The number of aliphatic carboxylic acids is 1. The van der Waals surface area contributed by atoms with Crippen LogP contribution in [0.4, 0.5) is 0 Å². The number of carbonyl (C=O) groups is 1. The molecule has 0 bridgehead atoms. The summed E-state index contributed by atoms with van der Waals surface area (Å²) in [5.74, 6) is -0.302. The Hall–Kier alpha value is -3.57. The van der Waals surface area contributed by atoms with E-state index >= 15 is 0 Å². The molecule has 0 atom stereocenters. The van der Waals surface area contributed by atoms with Crippen molar-refractivity contribution in [1.29, 1.82) is 0 Å². The third-order valence-corrected chi connectivity index (χ3v) is 4.99. The van der Waals surface area contributed by atoms with Gasteiger partial charge in [0.15, 0.2) is 0 Å². The van der Waals surface area contributed by atoms with E-state index in [4.69, 9.17) is 20.0 Å². The first-order valence-corrected chi connectivity index (χ1v) is 9.86. The van der Waals surface area contributed by atoms with E-state index in [0.717, 1.165) is 34.1 Å². The summed E-state index contributed by atoms with van der Waals surface area (Å²) in [5, 5.41) is 10.1. The van der Waals surface area contributed by atoms with Crippen molar-refractivity contribution in [1.82, 2.24) is 0 Å². The molecule has 3 N–H and O–H groups in total. The molecule has 0 saturated carbocycles. The number of furan rings is 1. The molecule has 5 nitrogen and oxygen atoms in total. The van der Waals surface area contributed by atoms with Crippen LogP contribution in [-0.2, 0) is 24.2 Å². The minimum atomic E-state index is -0.884. The van der Waals surface area contributed by atoms with E-state index in [9.17, 15) is 4.79 Å². The lowest BCUT2D eigenvalue weighted by Crippen LogP contribution is -2.04. The molecule has 1 aromatic heterocycles. The van der Waals surface area contributed by atoms with Crippen LogP contribution in [0.15, 0.2) is 77.4 Å². The summed E-state index contributed by atoms with van der Waals surface area (Å²) in [4.78, 5) is 11.1. The van der Waals surface area contributed by atoms with Crippen LogP contribution in [0.25, 0.3) is 22.1 Å². The molecule has 0 aliphatic heterocycles. The first kappa shape index (κ1) is 19.7. The summed E-state index contributed by atoms with van der Waals surface area (Å²) < 4.78 is 11.7. The zero-order valence-corrected chi connectivity index (χ0v) is 16.5. The van der Waals surface area contributed by atoms with Crippen LogP contribution in [0.1, 0.15) is 16.7 Å². The van der Waals surface area contributed by atoms with E-state index in [1.807, 2.05) is 30.3 Å². The molecule has 4 rings (SSSR count). The van der Waals surface area contributed by atoms with Gasteiger partial charge in [0.1, 0.15) is 17.9 Å². The van der Waals surface area contributed by atoms with Crippen molar-refractivity contribution in [2.24, 2.45) is 5.73 Å². The zero-order valence-electron chi connectivity index (χ0n) is 16.5. The van der Waals surface area contributed by atoms with Crippen molar-refractivity contribution in [3.05, 3.63) is 89.7 Å². The Balaban J connectivity index is 1.65. The van der Waals surface area contributed by atoms with Crippen molar-refractivity contribution >= 4 is 16.9 Å². The number of hydrogen-bond acceptors (Lipinski definition) is 4. The van der Waals surface area contributed by atoms with E-state index in [2.05, 4.69) is 24.3 Å². The molecule has 30 heavy (non-hydrogen) atoms. The molecule has 0 aliphatic carbocycles. The lowest BCUT2D eigenvalue weighted by molar-refractivity contribution is -0.136. The van der Waals surface area contributed by atoms with Crippen LogP contribution in [0.5, 0.6) is 5.75 Å². The molecule has 0 radical (unpaired) electrons. The highest BCUT2D eigenvalue weighted by Gasteiger charge is 2.12.